The van der Waals surface area contributed by atoms with E-state index in [-0.39, 0.29) is 0 Å². The monoisotopic (exact) mass is 626 g/mol. The molecule has 7 rings (SSSR count). The minimum absolute atomic E-state index is 0.613. The molecule has 0 saturated carbocycles. The molecule has 236 valence electrons. The molecule has 0 atom stereocenters. The summed E-state index contributed by atoms with van der Waals surface area (Å²) in [6.45, 7) is 5.23. The third-order valence-electron chi connectivity index (χ3n) is 8.38. The number of fused-ring (bicyclic) bond motifs is 1. The van der Waals surface area contributed by atoms with Gasteiger partial charge in [-0.1, -0.05) is 91.0 Å². The Hall–Kier alpha value is -6.00. The molecule has 48 heavy (non-hydrogen) atoms. The number of ether oxygens (including phenoxy) is 2. The third-order valence-corrected chi connectivity index (χ3v) is 8.38. The molecule has 0 unspecified atom stereocenters. The van der Waals surface area contributed by atoms with Gasteiger partial charge >= 0.3 is 0 Å². The Morgan fingerprint density at radius 3 is 1.44 bits per heavy atom. The van der Waals surface area contributed by atoms with Crippen LogP contribution in [-0.2, 0) is 0 Å². The molecule has 0 fully saturated rings. The van der Waals surface area contributed by atoms with E-state index >= 15 is 0 Å². The van der Waals surface area contributed by atoms with E-state index in [1.54, 1.807) is 0 Å². The van der Waals surface area contributed by atoms with Crippen molar-refractivity contribution in [2.45, 2.75) is 13.8 Å². The molecule has 0 saturated heterocycles. The zero-order valence-corrected chi connectivity index (χ0v) is 27.3. The summed E-state index contributed by atoms with van der Waals surface area (Å²) in [6, 6.07) is 59.6. The number of nitrogens with zero attached hydrogens (tertiary/aromatic N) is 2. The third kappa shape index (κ3) is 6.47. The van der Waals surface area contributed by atoms with Crippen LogP contribution in [0.2, 0.25) is 0 Å². The van der Waals surface area contributed by atoms with Crippen molar-refractivity contribution >= 4 is 44.9 Å². The van der Waals surface area contributed by atoms with Crippen molar-refractivity contribution in [3.63, 3.8) is 0 Å². The summed E-state index contributed by atoms with van der Waals surface area (Å²) in [5, 5.41) is 2.43. The second kappa shape index (κ2) is 14.2. The number of hydrogen-bond donors (Lipinski definition) is 0. The number of rotatable bonds is 11. The molecule has 0 amide bonds. The molecule has 0 heterocycles. The lowest BCUT2D eigenvalue weighted by Crippen LogP contribution is -2.10. The SMILES string of the molecule is CCOc1cccc(N(c2ccc(-c3ccc(N(c4ccccc4)c4cccc5ccccc45)cc3)cc2)c2cccc(OCC)c2)c1. The van der Waals surface area contributed by atoms with Crippen molar-refractivity contribution in [3.8, 4) is 22.6 Å². The normalized spacial score (nSPS) is 10.9. The zero-order chi connectivity index (χ0) is 32.7. The van der Waals surface area contributed by atoms with E-state index in [0.717, 1.165) is 56.8 Å². The Morgan fingerprint density at radius 2 is 0.854 bits per heavy atom. The van der Waals surface area contributed by atoms with E-state index in [2.05, 4.69) is 155 Å². The molecular weight excluding hydrogens is 588 g/mol. The van der Waals surface area contributed by atoms with Crippen molar-refractivity contribution in [2.24, 2.45) is 0 Å². The van der Waals surface area contributed by atoms with E-state index < -0.39 is 0 Å². The first-order valence-electron chi connectivity index (χ1n) is 16.5. The molecule has 0 bridgehead atoms. The molecule has 7 aromatic carbocycles. The van der Waals surface area contributed by atoms with Crippen LogP contribution in [-0.4, -0.2) is 13.2 Å². The molecule has 0 aromatic heterocycles. The van der Waals surface area contributed by atoms with E-state index in [1.165, 1.54) is 10.8 Å². The van der Waals surface area contributed by atoms with Crippen LogP contribution in [0.15, 0.2) is 170 Å². The minimum atomic E-state index is 0.613. The fourth-order valence-corrected chi connectivity index (χ4v) is 6.22. The van der Waals surface area contributed by atoms with Crippen molar-refractivity contribution in [2.75, 3.05) is 23.0 Å². The maximum absolute atomic E-state index is 5.86. The van der Waals surface area contributed by atoms with Gasteiger partial charge in [-0.15, -0.1) is 0 Å². The second-order valence-electron chi connectivity index (χ2n) is 11.5. The van der Waals surface area contributed by atoms with E-state index in [4.69, 9.17) is 9.47 Å². The second-order valence-corrected chi connectivity index (χ2v) is 11.5. The highest BCUT2D eigenvalue weighted by Gasteiger charge is 2.17. The van der Waals surface area contributed by atoms with Gasteiger partial charge in [0.1, 0.15) is 11.5 Å². The average molecular weight is 627 g/mol. The predicted octanol–water partition coefficient (Wildman–Crippen LogP) is 12.2. The van der Waals surface area contributed by atoms with Gasteiger partial charge in [0.05, 0.1) is 18.9 Å². The molecule has 4 heteroatoms. The van der Waals surface area contributed by atoms with E-state index in [1.807, 2.05) is 38.1 Å². The number of benzene rings is 7. The van der Waals surface area contributed by atoms with Gasteiger partial charge in [0, 0.05) is 46.0 Å². The molecule has 0 spiro atoms. The van der Waals surface area contributed by atoms with Crippen LogP contribution in [0.25, 0.3) is 21.9 Å². The van der Waals surface area contributed by atoms with Gasteiger partial charge in [-0.3, -0.25) is 0 Å². The lowest BCUT2D eigenvalue weighted by molar-refractivity contribution is 0.340. The summed E-state index contributed by atoms with van der Waals surface area (Å²) in [4.78, 5) is 4.57. The molecule has 0 radical (unpaired) electrons. The Kier molecular flexibility index (Phi) is 9.06. The van der Waals surface area contributed by atoms with Crippen molar-refractivity contribution < 1.29 is 9.47 Å². The number of para-hydroxylation sites is 1. The maximum Gasteiger partial charge on any atom is 0.121 e. The first-order valence-corrected chi connectivity index (χ1v) is 16.5. The van der Waals surface area contributed by atoms with Gasteiger partial charge in [-0.05, 0) is 97.1 Å². The van der Waals surface area contributed by atoms with Crippen LogP contribution < -0.4 is 19.3 Å². The summed E-state index contributed by atoms with van der Waals surface area (Å²) >= 11 is 0. The highest BCUT2D eigenvalue weighted by Crippen LogP contribution is 2.41. The van der Waals surface area contributed by atoms with Gasteiger partial charge in [-0.25, -0.2) is 0 Å². The van der Waals surface area contributed by atoms with Crippen LogP contribution >= 0.6 is 0 Å². The summed E-state index contributed by atoms with van der Waals surface area (Å²) in [7, 11) is 0. The summed E-state index contributed by atoms with van der Waals surface area (Å²) in [6.07, 6.45) is 0. The Bertz CT molecular complexity index is 2050. The first-order chi connectivity index (χ1) is 23.7. The van der Waals surface area contributed by atoms with Gasteiger partial charge in [-0.2, -0.15) is 0 Å². The van der Waals surface area contributed by atoms with Crippen LogP contribution in [0.3, 0.4) is 0 Å². The molecule has 7 aromatic rings. The maximum atomic E-state index is 5.86. The Balaban J connectivity index is 1.23. The van der Waals surface area contributed by atoms with Crippen molar-refractivity contribution in [3.05, 3.63) is 170 Å². The van der Waals surface area contributed by atoms with Crippen LogP contribution in [0.4, 0.5) is 34.1 Å². The molecular formula is C44H38N2O2. The predicted molar refractivity (Wildman–Crippen MR) is 201 cm³/mol. The molecule has 0 aliphatic heterocycles. The number of anilines is 6. The summed E-state index contributed by atoms with van der Waals surface area (Å²) in [5.74, 6) is 1.68. The first kappa shape index (κ1) is 30.6. The smallest absolute Gasteiger partial charge is 0.121 e. The fourth-order valence-electron chi connectivity index (χ4n) is 6.22. The molecule has 0 aliphatic rings. The van der Waals surface area contributed by atoms with Crippen LogP contribution in [0.5, 0.6) is 11.5 Å². The Morgan fingerprint density at radius 1 is 0.396 bits per heavy atom. The van der Waals surface area contributed by atoms with E-state index in [0.29, 0.717) is 13.2 Å². The van der Waals surface area contributed by atoms with Gasteiger partial charge in [0.25, 0.3) is 0 Å². The van der Waals surface area contributed by atoms with Crippen LogP contribution in [0.1, 0.15) is 13.8 Å². The van der Waals surface area contributed by atoms with Gasteiger partial charge in [0.15, 0.2) is 0 Å². The lowest BCUT2D eigenvalue weighted by Gasteiger charge is -2.27. The summed E-state index contributed by atoms with van der Waals surface area (Å²) < 4.78 is 11.7. The summed E-state index contributed by atoms with van der Waals surface area (Å²) in [5.41, 5.74) is 8.75. The van der Waals surface area contributed by atoms with Gasteiger partial charge < -0.3 is 19.3 Å². The highest BCUT2D eigenvalue weighted by atomic mass is 16.5. The quantitative estimate of drug-likeness (QED) is 0.143. The van der Waals surface area contributed by atoms with E-state index in [9.17, 15) is 0 Å². The van der Waals surface area contributed by atoms with Crippen molar-refractivity contribution in [1.29, 1.82) is 0 Å². The molecule has 4 nitrogen and oxygen atoms in total. The topological polar surface area (TPSA) is 24.9 Å². The highest BCUT2D eigenvalue weighted by molar-refractivity contribution is 5.99. The Labute approximate surface area is 283 Å². The zero-order valence-electron chi connectivity index (χ0n) is 27.3. The molecule has 0 N–H and O–H groups in total. The van der Waals surface area contributed by atoms with Gasteiger partial charge in [0.2, 0.25) is 0 Å². The molecule has 0 aliphatic carbocycles. The average Bonchev–Trinajstić information content (AvgIpc) is 3.14. The standard InChI is InChI=1S/C44H38N2O2/c1-3-47-41-19-11-17-39(31-41)45(40-18-12-20-42(32-40)48-4-2)37-27-23-33(24-28-37)34-25-29-38(30-26-34)46(36-15-6-5-7-16-36)44-22-10-14-35-13-8-9-21-43(35)44/h5-32H,3-4H2,1-2H3. The number of hydrogen-bond acceptors (Lipinski definition) is 4. The van der Waals surface area contributed by atoms with Crippen LogP contribution in [0, 0.1) is 0 Å². The fraction of sp³-hybridized carbons (Fsp3) is 0.0909. The lowest BCUT2D eigenvalue weighted by atomic mass is 10.0. The van der Waals surface area contributed by atoms with Crippen molar-refractivity contribution in [1.82, 2.24) is 0 Å². The minimum Gasteiger partial charge on any atom is -0.494 e. The largest absolute Gasteiger partial charge is 0.494 e.